The molecule has 100 heavy (non-hydrogen) atoms. The molecule has 460 valence electrons. The number of pyridine rings is 2. The number of para-hydroxylation sites is 3. The Morgan fingerprint density at radius 3 is 1.40 bits per heavy atom. The molecule has 2 aliphatic carbocycles. The van der Waals surface area contributed by atoms with Gasteiger partial charge in [-0.1, -0.05) is 212 Å². The van der Waals surface area contributed by atoms with Crippen molar-refractivity contribution in [3.63, 3.8) is 0 Å². The van der Waals surface area contributed by atoms with Gasteiger partial charge < -0.3 is 13.6 Å². The van der Waals surface area contributed by atoms with E-state index in [0.717, 1.165) is 128 Å². The molecular formula is C94H53N5O. The molecule has 0 unspecified atom stereocenters. The molecule has 21 aromatic rings. The molecule has 0 radical (unpaired) electrons. The van der Waals surface area contributed by atoms with Crippen LogP contribution >= 0.6 is 0 Å². The number of fused-ring (bicyclic) bond motifs is 20. The van der Waals surface area contributed by atoms with Crippen molar-refractivity contribution in [3.05, 3.63) is 322 Å². The molecule has 6 heterocycles. The van der Waals surface area contributed by atoms with Gasteiger partial charge in [-0.25, -0.2) is 4.98 Å². The van der Waals surface area contributed by atoms with Crippen LogP contribution in [0.25, 0.3) is 226 Å². The Morgan fingerprint density at radius 1 is 0.240 bits per heavy atom. The molecule has 0 fully saturated rings. The second kappa shape index (κ2) is 20.1. The van der Waals surface area contributed by atoms with E-state index in [1.165, 1.54) is 98.4 Å². The third-order valence-electron chi connectivity index (χ3n) is 22.0. The Kier molecular flexibility index (Phi) is 10.8. The molecule has 0 bridgehead atoms. The van der Waals surface area contributed by atoms with Crippen LogP contribution in [-0.2, 0) is 0 Å². The summed E-state index contributed by atoms with van der Waals surface area (Å²) in [4.78, 5) is 10.6. The van der Waals surface area contributed by atoms with Crippen LogP contribution in [0.5, 0.6) is 0 Å². The van der Waals surface area contributed by atoms with E-state index in [1.807, 2.05) is 6.20 Å². The van der Waals surface area contributed by atoms with Crippen molar-refractivity contribution in [1.82, 2.24) is 23.7 Å². The lowest BCUT2D eigenvalue weighted by atomic mass is 9.96. The lowest BCUT2D eigenvalue weighted by Crippen LogP contribution is -2.00. The highest BCUT2D eigenvalue weighted by atomic mass is 16.3. The predicted molar refractivity (Wildman–Crippen MR) is 415 cm³/mol. The van der Waals surface area contributed by atoms with Crippen molar-refractivity contribution in [1.29, 1.82) is 0 Å². The third-order valence-corrected chi connectivity index (χ3v) is 22.0. The Labute approximate surface area is 572 Å². The van der Waals surface area contributed by atoms with Crippen LogP contribution in [0, 0.1) is 0 Å². The summed E-state index contributed by atoms with van der Waals surface area (Å²) in [6.07, 6.45) is 4.11. The molecule has 2 aliphatic rings. The molecule has 15 aromatic carbocycles. The molecule has 0 aliphatic heterocycles. The number of hydrogen-bond donors (Lipinski definition) is 0. The quantitative estimate of drug-likeness (QED) is 0.160. The van der Waals surface area contributed by atoms with Crippen LogP contribution in [0.1, 0.15) is 0 Å². The van der Waals surface area contributed by atoms with Crippen LogP contribution in [0.4, 0.5) is 0 Å². The van der Waals surface area contributed by atoms with E-state index in [0.29, 0.717) is 0 Å². The first-order chi connectivity index (χ1) is 49.6. The van der Waals surface area contributed by atoms with Gasteiger partial charge in [0.05, 0.1) is 38.8 Å². The van der Waals surface area contributed by atoms with Gasteiger partial charge in [-0.2, -0.15) is 0 Å². The Bertz CT molecular complexity index is 7210. The van der Waals surface area contributed by atoms with Gasteiger partial charge in [0.25, 0.3) is 0 Å². The zero-order valence-corrected chi connectivity index (χ0v) is 53.7. The minimum absolute atomic E-state index is 0.852. The van der Waals surface area contributed by atoms with E-state index in [1.54, 1.807) is 0 Å². The van der Waals surface area contributed by atoms with Gasteiger partial charge in [-0.05, 0) is 169 Å². The lowest BCUT2D eigenvalue weighted by molar-refractivity contribution is 0.670. The van der Waals surface area contributed by atoms with Crippen molar-refractivity contribution in [2.45, 2.75) is 0 Å². The van der Waals surface area contributed by atoms with E-state index in [4.69, 9.17) is 14.4 Å². The van der Waals surface area contributed by atoms with Gasteiger partial charge in [0.2, 0.25) is 0 Å². The summed E-state index contributed by atoms with van der Waals surface area (Å²) < 4.78 is 14.3. The second-order valence-electron chi connectivity index (χ2n) is 27.1. The topological polar surface area (TPSA) is 53.7 Å². The number of aromatic nitrogens is 5. The highest BCUT2D eigenvalue weighted by Crippen LogP contribution is 2.54. The summed E-state index contributed by atoms with van der Waals surface area (Å²) in [6, 6.07) is 114. The standard InChI is InChI=1S/C94H53N5O/c1-3-19-63(20-4-1)97-81-41-35-56(47-76(81)77-50-60(37-43-82(77)97)92-90-72-26-11-9-24-67(72)70-29-13-17-61(52-95-92)87(70)90)58-38-45-86-78(48-58)74-31-15-28-66(93(74)100-86)59-32-39-69-75-46-55(34-40-80(75)98(85(69)51-59)64-21-5-2-6-22-64)57-36-42-83-79(49-57)89-65-23-8-7-16-54(65)33-44-84(89)99(83)94-91-73-27-12-10-25-68(73)71-30-14-18-62(53-96-94)88(71)91/h1-53H. The molecular weight excluding hydrogens is 1220 g/mol. The molecule has 0 spiro atoms. The van der Waals surface area contributed by atoms with Crippen LogP contribution in [-0.4, -0.2) is 23.7 Å². The molecule has 0 saturated carbocycles. The minimum atomic E-state index is 0.852. The molecule has 23 rings (SSSR count). The molecule has 0 N–H and O–H groups in total. The second-order valence-corrected chi connectivity index (χ2v) is 27.1. The number of furan rings is 1. The van der Waals surface area contributed by atoms with Crippen molar-refractivity contribution in [2.75, 3.05) is 0 Å². The zero-order chi connectivity index (χ0) is 65.0. The summed E-state index contributed by atoms with van der Waals surface area (Å²) >= 11 is 0. The average molecular weight is 1270 g/mol. The van der Waals surface area contributed by atoms with Crippen molar-refractivity contribution < 1.29 is 4.42 Å². The molecule has 6 heteroatoms. The fourth-order valence-electron chi connectivity index (χ4n) is 17.6. The Balaban J connectivity index is 0.648. The number of rotatable bonds is 7. The van der Waals surface area contributed by atoms with Crippen LogP contribution < -0.4 is 0 Å². The first-order valence-electron chi connectivity index (χ1n) is 34.3. The largest absolute Gasteiger partial charge is 0.455 e. The Hall–Kier alpha value is -13.4. The maximum absolute atomic E-state index is 7.02. The smallest absolute Gasteiger partial charge is 0.146 e. The summed E-state index contributed by atoms with van der Waals surface area (Å²) in [7, 11) is 0. The van der Waals surface area contributed by atoms with Gasteiger partial charge in [0, 0.05) is 111 Å². The molecule has 6 aromatic heterocycles. The SMILES string of the molecule is c1ccc(-n2c3ccc(-c4ccc5oc6c(-c7ccc8c9cc(-c%10ccc%11c(c%10)c%10c%12ccccc%12ccc%10n%11-c%10ncc%11cccc%12c%11c%10-c%10ccccc%10-%12)ccc9n(-c9ccccc9)c8c7)cccc6c5c4)cc3c3cc(-c4ncc5cccc6c5c4-c4ccccc4-6)ccc32)cc1. The predicted octanol–water partition coefficient (Wildman–Crippen LogP) is 25.1. The highest BCUT2D eigenvalue weighted by Gasteiger charge is 2.30. The van der Waals surface area contributed by atoms with E-state index in [-0.39, 0.29) is 0 Å². The summed E-state index contributed by atoms with van der Waals surface area (Å²) in [6.45, 7) is 0. The summed E-state index contributed by atoms with van der Waals surface area (Å²) in [5.41, 5.74) is 29.5. The van der Waals surface area contributed by atoms with Crippen molar-refractivity contribution in [3.8, 4) is 106 Å². The van der Waals surface area contributed by atoms with Crippen molar-refractivity contribution >= 4 is 120 Å². The molecule has 6 nitrogen and oxygen atoms in total. The average Bonchev–Trinajstić information content (AvgIpc) is 1.55. The molecule has 0 amide bonds. The lowest BCUT2D eigenvalue weighted by Gasteiger charge is -2.13. The normalized spacial score (nSPS) is 12.4. The van der Waals surface area contributed by atoms with Gasteiger partial charge in [-0.15, -0.1) is 0 Å². The van der Waals surface area contributed by atoms with Gasteiger partial charge in [0.1, 0.15) is 17.0 Å². The van der Waals surface area contributed by atoms with E-state index in [9.17, 15) is 0 Å². The molecule has 0 saturated heterocycles. The number of hydrogen-bond acceptors (Lipinski definition) is 3. The van der Waals surface area contributed by atoms with Gasteiger partial charge in [0.15, 0.2) is 0 Å². The maximum atomic E-state index is 7.02. The zero-order valence-electron chi connectivity index (χ0n) is 53.7. The highest BCUT2D eigenvalue weighted by molar-refractivity contribution is 6.25. The van der Waals surface area contributed by atoms with E-state index >= 15 is 0 Å². The Morgan fingerprint density at radius 2 is 0.710 bits per heavy atom. The fraction of sp³-hybridized carbons (Fsp3) is 0. The third kappa shape index (κ3) is 7.40. The number of benzene rings is 15. The number of nitrogens with zero attached hydrogens (tertiary/aromatic N) is 5. The van der Waals surface area contributed by atoms with Gasteiger partial charge in [-0.3, -0.25) is 9.55 Å². The van der Waals surface area contributed by atoms with E-state index in [2.05, 4.69) is 329 Å². The minimum Gasteiger partial charge on any atom is -0.455 e. The maximum Gasteiger partial charge on any atom is 0.146 e. The fourth-order valence-corrected chi connectivity index (χ4v) is 17.6. The first kappa shape index (κ1) is 53.8. The van der Waals surface area contributed by atoms with Crippen LogP contribution in [0.3, 0.4) is 0 Å². The van der Waals surface area contributed by atoms with Crippen molar-refractivity contribution in [2.24, 2.45) is 0 Å². The first-order valence-corrected chi connectivity index (χ1v) is 34.3. The van der Waals surface area contributed by atoms with E-state index < -0.39 is 0 Å². The van der Waals surface area contributed by atoms with Gasteiger partial charge >= 0.3 is 0 Å². The monoisotopic (exact) mass is 1270 g/mol. The summed E-state index contributed by atoms with van der Waals surface area (Å²) in [5, 5.41) is 16.6. The molecule has 0 atom stereocenters. The van der Waals surface area contributed by atoms with Crippen LogP contribution in [0.2, 0.25) is 0 Å². The summed E-state index contributed by atoms with van der Waals surface area (Å²) in [5.74, 6) is 0.951. The van der Waals surface area contributed by atoms with Crippen LogP contribution in [0.15, 0.2) is 326 Å².